The molecule has 0 radical (unpaired) electrons. The van der Waals surface area contributed by atoms with Crippen molar-refractivity contribution >= 4 is 0 Å². The second-order valence-corrected chi connectivity index (χ2v) is 4.96. The van der Waals surface area contributed by atoms with Crippen molar-refractivity contribution < 1.29 is 0 Å². The van der Waals surface area contributed by atoms with Gasteiger partial charge in [0, 0.05) is 6.04 Å². The van der Waals surface area contributed by atoms with Crippen molar-refractivity contribution in [3.63, 3.8) is 0 Å². The maximum Gasteiger partial charge on any atom is 0.00983 e. The molecule has 0 bridgehead atoms. The first-order valence-electron chi connectivity index (χ1n) is 6.75. The molecule has 0 aliphatic heterocycles. The van der Waals surface area contributed by atoms with Crippen LogP contribution in [0.25, 0.3) is 0 Å². The molecule has 0 aromatic heterocycles. The van der Waals surface area contributed by atoms with Gasteiger partial charge in [-0.05, 0) is 57.7 Å². The van der Waals surface area contributed by atoms with Crippen LogP contribution < -0.4 is 5.73 Å². The van der Waals surface area contributed by atoms with Gasteiger partial charge in [-0.15, -0.1) is 0 Å². The summed E-state index contributed by atoms with van der Waals surface area (Å²) < 4.78 is 0. The van der Waals surface area contributed by atoms with Crippen LogP contribution in [0, 0.1) is 5.92 Å². The number of hydrogen-bond donors (Lipinski definition) is 1. The maximum atomic E-state index is 5.80. The quantitative estimate of drug-likeness (QED) is 0.733. The average molecular weight is 212 g/mol. The highest BCUT2D eigenvalue weighted by Gasteiger charge is 2.24. The molecule has 2 heteroatoms. The third-order valence-corrected chi connectivity index (χ3v) is 3.63. The summed E-state index contributed by atoms with van der Waals surface area (Å²) in [7, 11) is 0. The summed E-state index contributed by atoms with van der Waals surface area (Å²) in [5, 5.41) is 0. The summed E-state index contributed by atoms with van der Waals surface area (Å²) in [6, 6.07) is 0.826. The van der Waals surface area contributed by atoms with Gasteiger partial charge >= 0.3 is 0 Å². The molecule has 0 amide bonds. The highest BCUT2D eigenvalue weighted by Crippen LogP contribution is 2.27. The standard InChI is InChI=1S/C13H28N2/c1-3-8-15(9-4-2)13-7-5-6-12(10-13)11-14/h12-13H,3-11,14H2,1-2H3. The molecule has 90 valence electrons. The van der Waals surface area contributed by atoms with Gasteiger partial charge in [0.25, 0.3) is 0 Å². The maximum absolute atomic E-state index is 5.80. The zero-order valence-electron chi connectivity index (χ0n) is 10.5. The van der Waals surface area contributed by atoms with Gasteiger partial charge in [0.1, 0.15) is 0 Å². The summed E-state index contributed by atoms with van der Waals surface area (Å²) in [5.41, 5.74) is 5.80. The van der Waals surface area contributed by atoms with E-state index in [1.54, 1.807) is 0 Å². The molecule has 2 atom stereocenters. The Morgan fingerprint density at radius 1 is 1.13 bits per heavy atom. The molecule has 0 heterocycles. The van der Waals surface area contributed by atoms with E-state index >= 15 is 0 Å². The number of rotatable bonds is 6. The van der Waals surface area contributed by atoms with Crippen molar-refractivity contribution in [3.05, 3.63) is 0 Å². The van der Waals surface area contributed by atoms with Crippen molar-refractivity contribution in [3.8, 4) is 0 Å². The zero-order valence-corrected chi connectivity index (χ0v) is 10.5. The van der Waals surface area contributed by atoms with E-state index in [1.165, 1.54) is 51.6 Å². The Kier molecular flexibility index (Phi) is 6.26. The zero-order chi connectivity index (χ0) is 11.1. The van der Waals surface area contributed by atoms with Crippen LogP contribution in [0.2, 0.25) is 0 Å². The normalized spacial score (nSPS) is 27.2. The van der Waals surface area contributed by atoms with Gasteiger partial charge in [-0.1, -0.05) is 20.3 Å². The molecular formula is C13H28N2. The summed E-state index contributed by atoms with van der Waals surface area (Å²) in [6.45, 7) is 8.01. The smallest absolute Gasteiger partial charge is 0.00983 e. The minimum Gasteiger partial charge on any atom is -0.330 e. The van der Waals surface area contributed by atoms with E-state index in [1.807, 2.05) is 0 Å². The van der Waals surface area contributed by atoms with E-state index in [0.29, 0.717) is 0 Å². The third kappa shape index (κ3) is 4.12. The summed E-state index contributed by atoms with van der Waals surface area (Å²) >= 11 is 0. The van der Waals surface area contributed by atoms with E-state index in [2.05, 4.69) is 18.7 Å². The molecule has 0 spiro atoms. The first kappa shape index (κ1) is 13.0. The molecule has 0 aromatic rings. The molecule has 1 saturated carbocycles. The van der Waals surface area contributed by atoms with Crippen molar-refractivity contribution in [2.75, 3.05) is 19.6 Å². The molecule has 0 saturated heterocycles. The highest BCUT2D eigenvalue weighted by molar-refractivity contribution is 4.80. The number of nitrogens with zero attached hydrogens (tertiary/aromatic N) is 1. The van der Waals surface area contributed by atoms with E-state index in [4.69, 9.17) is 5.73 Å². The lowest BCUT2D eigenvalue weighted by atomic mass is 9.85. The number of hydrogen-bond acceptors (Lipinski definition) is 2. The van der Waals surface area contributed by atoms with Crippen LogP contribution in [-0.2, 0) is 0 Å². The summed E-state index contributed by atoms with van der Waals surface area (Å²) in [6.07, 6.45) is 8.05. The van der Waals surface area contributed by atoms with Gasteiger partial charge in [-0.3, -0.25) is 0 Å². The monoisotopic (exact) mass is 212 g/mol. The van der Waals surface area contributed by atoms with E-state index in [0.717, 1.165) is 18.5 Å². The molecular weight excluding hydrogens is 184 g/mol. The van der Waals surface area contributed by atoms with E-state index in [9.17, 15) is 0 Å². The molecule has 2 nitrogen and oxygen atoms in total. The fourth-order valence-corrected chi connectivity index (χ4v) is 2.86. The summed E-state index contributed by atoms with van der Waals surface area (Å²) in [4.78, 5) is 2.70. The largest absolute Gasteiger partial charge is 0.330 e. The Bertz CT molecular complexity index is 153. The Balaban J connectivity index is 2.42. The number of nitrogens with two attached hydrogens (primary N) is 1. The predicted octanol–water partition coefficient (Wildman–Crippen LogP) is 2.63. The topological polar surface area (TPSA) is 29.3 Å². The van der Waals surface area contributed by atoms with E-state index < -0.39 is 0 Å². The molecule has 2 unspecified atom stereocenters. The van der Waals surface area contributed by atoms with Crippen LogP contribution in [0.15, 0.2) is 0 Å². The van der Waals surface area contributed by atoms with Crippen LogP contribution >= 0.6 is 0 Å². The van der Waals surface area contributed by atoms with Crippen molar-refractivity contribution in [2.45, 2.75) is 58.4 Å². The molecule has 0 aromatic carbocycles. The lowest BCUT2D eigenvalue weighted by Crippen LogP contribution is -2.41. The van der Waals surface area contributed by atoms with Gasteiger partial charge in [-0.2, -0.15) is 0 Å². The minimum absolute atomic E-state index is 0.792. The van der Waals surface area contributed by atoms with Gasteiger partial charge < -0.3 is 10.6 Å². The lowest BCUT2D eigenvalue weighted by Gasteiger charge is -2.37. The molecule has 1 fully saturated rings. The lowest BCUT2D eigenvalue weighted by molar-refractivity contribution is 0.131. The molecule has 1 aliphatic rings. The fourth-order valence-electron chi connectivity index (χ4n) is 2.86. The van der Waals surface area contributed by atoms with Crippen LogP contribution in [-0.4, -0.2) is 30.6 Å². The van der Waals surface area contributed by atoms with Crippen molar-refractivity contribution in [1.82, 2.24) is 4.90 Å². The van der Waals surface area contributed by atoms with Crippen molar-refractivity contribution in [2.24, 2.45) is 11.7 Å². The summed E-state index contributed by atoms with van der Waals surface area (Å²) in [5.74, 6) is 0.792. The molecule has 2 N–H and O–H groups in total. The Labute approximate surface area is 95.2 Å². The minimum atomic E-state index is 0.792. The molecule has 1 rings (SSSR count). The fraction of sp³-hybridized carbons (Fsp3) is 1.00. The van der Waals surface area contributed by atoms with Crippen LogP contribution in [0.5, 0.6) is 0 Å². The highest BCUT2D eigenvalue weighted by atomic mass is 15.1. The van der Waals surface area contributed by atoms with Gasteiger partial charge in [-0.25, -0.2) is 0 Å². The van der Waals surface area contributed by atoms with Gasteiger partial charge in [0.05, 0.1) is 0 Å². The van der Waals surface area contributed by atoms with Gasteiger partial charge in [0.2, 0.25) is 0 Å². The Morgan fingerprint density at radius 3 is 2.33 bits per heavy atom. The second-order valence-electron chi connectivity index (χ2n) is 4.96. The Morgan fingerprint density at radius 2 is 1.80 bits per heavy atom. The Hall–Kier alpha value is -0.0800. The molecule has 15 heavy (non-hydrogen) atoms. The first-order valence-corrected chi connectivity index (χ1v) is 6.75. The second kappa shape index (κ2) is 7.24. The third-order valence-electron chi connectivity index (χ3n) is 3.63. The molecule has 1 aliphatic carbocycles. The van der Waals surface area contributed by atoms with Crippen molar-refractivity contribution in [1.29, 1.82) is 0 Å². The van der Waals surface area contributed by atoms with Crippen LogP contribution in [0.1, 0.15) is 52.4 Å². The SMILES string of the molecule is CCCN(CCC)C1CCCC(CN)C1. The van der Waals surface area contributed by atoms with Gasteiger partial charge in [0.15, 0.2) is 0 Å². The van der Waals surface area contributed by atoms with E-state index in [-0.39, 0.29) is 0 Å². The predicted molar refractivity (Wildman–Crippen MR) is 67.0 cm³/mol. The first-order chi connectivity index (χ1) is 7.31. The van der Waals surface area contributed by atoms with Crippen LogP contribution in [0.4, 0.5) is 0 Å². The van der Waals surface area contributed by atoms with Crippen LogP contribution in [0.3, 0.4) is 0 Å². The average Bonchev–Trinajstić information content (AvgIpc) is 2.29.